The molecule has 0 unspecified atom stereocenters. The molecule has 0 aliphatic carbocycles. The van der Waals surface area contributed by atoms with E-state index in [4.69, 9.17) is 5.73 Å². The van der Waals surface area contributed by atoms with E-state index in [1.165, 1.54) is 0 Å². The van der Waals surface area contributed by atoms with E-state index in [1.807, 2.05) is 42.5 Å². The van der Waals surface area contributed by atoms with E-state index in [0.29, 0.717) is 0 Å². The van der Waals surface area contributed by atoms with Crippen LogP contribution in [0.3, 0.4) is 0 Å². The Morgan fingerprint density at radius 2 is 2.00 bits per heavy atom. The molecule has 0 bridgehead atoms. The molecule has 0 aromatic heterocycles. The van der Waals surface area contributed by atoms with Gasteiger partial charge in [-0.1, -0.05) is 49.4 Å². The normalized spacial score (nSPS) is 12.2. The van der Waals surface area contributed by atoms with Crippen LogP contribution in [0.2, 0.25) is 0 Å². The van der Waals surface area contributed by atoms with Crippen LogP contribution in [0.1, 0.15) is 18.9 Å². The predicted molar refractivity (Wildman–Crippen MR) is 58.0 cm³/mol. The van der Waals surface area contributed by atoms with E-state index in [1.54, 1.807) is 0 Å². The molecule has 2 N–H and O–H groups in total. The molecule has 68 valence electrons. The quantitative estimate of drug-likeness (QED) is 0.699. The number of hydrogen-bond acceptors (Lipinski definition) is 1. The topological polar surface area (TPSA) is 26.0 Å². The van der Waals surface area contributed by atoms with E-state index in [0.717, 1.165) is 17.7 Å². The maximum atomic E-state index is 5.85. The highest BCUT2D eigenvalue weighted by Gasteiger charge is 1.90. The van der Waals surface area contributed by atoms with Crippen molar-refractivity contribution in [2.24, 2.45) is 5.73 Å². The Bertz CT molecular complexity index is 296. The maximum absolute atomic E-state index is 5.85. The fourth-order valence-electron chi connectivity index (χ4n) is 1.03. The Labute approximate surface area is 79.6 Å². The Balaban J connectivity index is 2.73. The van der Waals surface area contributed by atoms with Crippen LogP contribution >= 0.6 is 0 Å². The first kappa shape index (κ1) is 9.59. The highest BCUT2D eigenvalue weighted by Crippen LogP contribution is 2.07. The predicted octanol–water partition coefficient (Wildman–Crippen LogP) is 2.95. The lowest BCUT2D eigenvalue weighted by atomic mass is 10.1. The van der Waals surface area contributed by atoms with E-state index < -0.39 is 0 Å². The molecule has 13 heavy (non-hydrogen) atoms. The number of benzene rings is 1. The molecule has 0 aliphatic rings. The van der Waals surface area contributed by atoms with Crippen molar-refractivity contribution >= 4 is 5.70 Å². The molecule has 0 atom stereocenters. The molecule has 0 amide bonds. The molecule has 0 fully saturated rings. The molecule has 1 rings (SSSR count). The van der Waals surface area contributed by atoms with Crippen molar-refractivity contribution in [2.75, 3.05) is 0 Å². The van der Waals surface area contributed by atoms with Crippen LogP contribution in [-0.4, -0.2) is 0 Å². The summed E-state index contributed by atoms with van der Waals surface area (Å²) in [5.74, 6) is 0. The van der Waals surface area contributed by atoms with Crippen LogP contribution < -0.4 is 5.73 Å². The molecule has 1 aromatic rings. The minimum atomic E-state index is 0.810. The standard InChI is InChI=1S/C12H15N/c1-2-3-5-10-12(13)11-8-6-4-7-9-11/h3-10H,2,13H2,1H3/b5-3-,12-10-. The number of nitrogens with two attached hydrogens (primary N) is 1. The third-order valence-electron chi connectivity index (χ3n) is 1.75. The van der Waals surface area contributed by atoms with E-state index in [-0.39, 0.29) is 0 Å². The largest absolute Gasteiger partial charge is 0.398 e. The molecule has 0 spiro atoms. The van der Waals surface area contributed by atoms with Crippen molar-refractivity contribution in [3.63, 3.8) is 0 Å². The lowest BCUT2D eigenvalue weighted by Crippen LogP contribution is -1.94. The molecule has 0 aliphatic heterocycles. The summed E-state index contributed by atoms with van der Waals surface area (Å²) in [6.45, 7) is 2.10. The van der Waals surface area contributed by atoms with Crippen molar-refractivity contribution in [2.45, 2.75) is 13.3 Å². The lowest BCUT2D eigenvalue weighted by molar-refractivity contribution is 1.22. The molecule has 0 saturated carbocycles. The molecule has 0 radical (unpaired) electrons. The second-order valence-electron chi connectivity index (χ2n) is 2.82. The molecular weight excluding hydrogens is 158 g/mol. The minimum Gasteiger partial charge on any atom is -0.398 e. The average molecular weight is 173 g/mol. The Morgan fingerprint density at radius 3 is 2.62 bits per heavy atom. The van der Waals surface area contributed by atoms with Crippen LogP contribution in [0.5, 0.6) is 0 Å². The van der Waals surface area contributed by atoms with Gasteiger partial charge in [-0.25, -0.2) is 0 Å². The monoisotopic (exact) mass is 173 g/mol. The number of allylic oxidation sites excluding steroid dienone is 3. The third kappa shape index (κ3) is 3.16. The van der Waals surface area contributed by atoms with Crippen molar-refractivity contribution in [3.05, 3.63) is 54.1 Å². The van der Waals surface area contributed by atoms with Crippen molar-refractivity contribution in [3.8, 4) is 0 Å². The van der Waals surface area contributed by atoms with Crippen LogP contribution in [-0.2, 0) is 0 Å². The summed E-state index contributed by atoms with van der Waals surface area (Å²) in [5, 5.41) is 0. The summed E-state index contributed by atoms with van der Waals surface area (Å²) in [6, 6.07) is 9.97. The van der Waals surface area contributed by atoms with Gasteiger partial charge in [0.1, 0.15) is 0 Å². The van der Waals surface area contributed by atoms with E-state index in [9.17, 15) is 0 Å². The summed E-state index contributed by atoms with van der Waals surface area (Å²) in [5.41, 5.74) is 7.73. The maximum Gasteiger partial charge on any atom is 0.0387 e. The van der Waals surface area contributed by atoms with Crippen molar-refractivity contribution in [1.29, 1.82) is 0 Å². The van der Waals surface area contributed by atoms with Gasteiger partial charge in [0, 0.05) is 5.70 Å². The van der Waals surface area contributed by atoms with Gasteiger partial charge in [-0.05, 0) is 18.1 Å². The van der Waals surface area contributed by atoms with E-state index >= 15 is 0 Å². The van der Waals surface area contributed by atoms with Gasteiger partial charge in [-0.2, -0.15) is 0 Å². The highest BCUT2D eigenvalue weighted by atomic mass is 14.6. The SMILES string of the molecule is CC/C=C\C=C(/N)c1ccccc1. The second kappa shape index (κ2) is 5.20. The lowest BCUT2D eigenvalue weighted by Gasteiger charge is -1.98. The van der Waals surface area contributed by atoms with Gasteiger partial charge in [-0.15, -0.1) is 0 Å². The summed E-state index contributed by atoms with van der Waals surface area (Å²) >= 11 is 0. The molecule has 1 aromatic carbocycles. The van der Waals surface area contributed by atoms with Gasteiger partial charge < -0.3 is 5.73 Å². The van der Waals surface area contributed by atoms with Crippen LogP contribution in [0, 0.1) is 0 Å². The van der Waals surface area contributed by atoms with Crippen LogP contribution in [0.15, 0.2) is 48.6 Å². The number of rotatable bonds is 3. The van der Waals surface area contributed by atoms with Gasteiger partial charge in [-0.3, -0.25) is 0 Å². The average Bonchev–Trinajstić information content (AvgIpc) is 2.19. The van der Waals surface area contributed by atoms with Gasteiger partial charge in [0.15, 0.2) is 0 Å². The molecule has 1 nitrogen and oxygen atoms in total. The minimum absolute atomic E-state index is 0.810. The summed E-state index contributed by atoms with van der Waals surface area (Å²) in [4.78, 5) is 0. The van der Waals surface area contributed by atoms with Gasteiger partial charge in [0.05, 0.1) is 0 Å². The van der Waals surface area contributed by atoms with E-state index in [2.05, 4.69) is 13.0 Å². The van der Waals surface area contributed by atoms with Crippen LogP contribution in [0.4, 0.5) is 0 Å². The van der Waals surface area contributed by atoms with Crippen molar-refractivity contribution < 1.29 is 0 Å². The first-order valence-electron chi connectivity index (χ1n) is 4.52. The second-order valence-corrected chi connectivity index (χ2v) is 2.82. The number of hydrogen-bond donors (Lipinski definition) is 1. The van der Waals surface area contributed by atoms with Gasteiger partial charge >= 0.3 is 0 Å². The van der Waals surface area contributed by atoms with Crippen LogP contribution in [0.25, 0.3) is 5.70 Å². The Hall–Kier alpha value is -1.50. The zero-order chi connectivity index (χ0) is 9.52. The van der Waals surface area contributed by atoms with Gasteiger partial charge in [0.25, 0.3) is 0 Å². The first-order chi connectivity index (χ1) is 6.34. The fraction of sp³-hybridized carbons (Fsp3) is 0.167. The summed E-state index contributed by atoms with van der Waals surface area (Å²) < 4.78 is 0. The van der Waals surface area contributed by atoms with Gasteiger partial charge in [0.2, 0.25) is 0 Å². The fourth-order valence-corrected chi connectivity index (χ4v) is 1.03. The summed E-state index contributed by atoms with van der Waals surface area (Å²) in [6.07, 6.45) is 7.04. The Kier molecular flexibility index (Phi) is 3.83. The molecule has 0 heterocycles. The smallest absolute Gasteiger partial charge is 0.0387 e. The first-order valence-corrected chi connectivity index (χ1v) is 4.52. The Morgan fingerprint density at radius 1 is 1.31 bits per heavy atom. The third-order valence-corrected chi connectivity index (χ3v) is 1.75. The summed E-state index contributed by atoms with van der Waals surface area (Å²) in [7, 11) is 0. The molecule has 1 heteroatoms. The molecular formula is C12H15N. The zero-order valence-corrected chi connectivity index (χ0v) is 7.90. The van der Waals surface area contributed by atoms with Crippen molar-refractivity contribution in [1.82, 2.24) is 0 Å². The molecule has 0 saturated heterocycles. The zero-order valence-electron chi connectivity index (χ0n) is 7.90. The highest BCUT2D eigenvalue weighted by molar-refractivity contribution is 5.63.